The van der Waals surface area contributed by atoms with Gasteiger partial charge in [0.1, 0.15) is 0 Å². The van der Waals surface area contributed by atoms with E-state index in [0.717, 1.165) is 61.7 Å². The molecule has 5 nitrogen and oxygen atoms in total. The Morgan fingerprint density at radius 3 is 2.43 bits per heavy atom. The quantitative estimate of drug-likeness (QED) is 0.589. The summed E-state index contributed by atoms with van der Waals surface area (Å²) in [4.78, 5) is 17.2. The van der Waals surface area contributed by atoms with Gasteiger partial charge >= 0.3 is 0 Å². The van der Waals surface area contributed by atoms with Crippen molar-refractivity contribution < 1.29 is 4.79 Å². The van der Waals surface area contributed by atoms with E-state index in [4.69, 9.17) is 23.2 Å². The van der Waals surface area contributed by atoms with E-state index in [1.54, 1.807) is 12.1 Å². The zero-order chi connectivity index (χ0) is 21.1. The monoisotopic (exact) mass is 442 g/mol. The summed E-state index contributed by atoms with van der Waals surface area (Å²) < 4.78 is 0. The van der Waals surface area contributed by atoms with E-state index in [-0.39, 0.29) is 5.91 Å². The number of nitrogens with zero attached hydrogens (tertiary/aromatic N) is 3. The summed E-state index contributed by atoms with van der Waals surface area (Å²) in [6.45, 7) is 6.74. The second kappa shape index (κ2) is 9.21. The van der Waals surface area contributed by atoms with Crippen LogP contribution < -0.4 is 0 Å². The Morgan fingerprint density at radius 1 is 1.03 bits per heavy atom. The van der Waals surface area contributed by atoms with Crippen LogP contribution in [0.25, 0.3) is 22.5 Å². The molecule has 0 aliphatic carbocycles. The van der Waals surface area contributed by atoms with Crippen molar-refractivity contribution in [3.8, 4) is 22.5 Å². The van der Waals surface area contributed by atoms with Crippen LogP contribution in [0.1, 0.15) is 23.7 Å². The molecule has 0 atom stereocenters. The van der Waals surface area contributed by atoms with Crippen LogP contribution in [0.4, 0.5) is 0 Å². The number of nitrogens with one attached hydrogen (secondary N) is 1. The summed E-state index contributed by atoms with van der Waals surface area (Å²) in [6.07, 6.45) is 1.15. The zero-order valence-corrected chi connectivity index (χ0v) is 18.4. The number of carbonyl (C=O) groups is 1. The highest BCUT2D eigenvalue weighted by Gasteiger charge is 2.21. The van der Waals surface area contributed by atoms with Gasteiger partial charge in [0.2, 0.25) is 0 Å². The number of halogens is 2. The SMILES string of the molecule is CCCN1CCN(C(=O)c2ccc(-c3cc(-c4ccc(Cl)cc4Cl)[nH]n3)cc2)CC1. The molecule has 2 heterocycles. The Labute approximate surface area is 186 Å². The van der Waals surface area contributed by atoms with Crippen molar-refractivity contribution >= 4 is 29.1 Å². The first-order chi connectivity index (χ1) is 14.5. The second-order valence-electron chi connectivity index (χ2n) is 7.50. The minimum atomic E-state index is 0.0911. The molecule has 0 unspecified atom stereocenters. The fourth-order valence-electron chi connectivity index (χ4n) is 3.77. The lowest BCUT2D eigenvalue weighted by Crippen LogP contribution is -2.48. The molecule has 2 aromatic carbocycles. The molecular formula is C23H24Cl2N4O. The largest absolute Gasteiger partial charge is 0.336 e. The highest BCUT2D eigenvalue weighted by molar-refractivity contribution is 6.36. The van der Waals surface area contributed by atoms with Crippen LogP contribution in [0.3, 0.4) is 0 Å². The number of rotatable bonds is 5. The van der Waals surface area contributed by atoms with Gasteiger partial charge in [0.05, 0.1) is 16.4 Å². The number of hydrogen-bond acceptors (Lipinski definition) is 3. The van der Waals surface area contributed by atoms with Gasteiger partial charge in [0.25, 0.3) is 5.91 Å². The molecular weight excluding hydrogens is 419 g/mol. The fraction of sp³-hybridized carbons (Fsp3) is 0.304. The van der Waals surface area contributed by atoms with E-state index in [2.05, 4.69) is 22.0 Å². The first kappa shape index (κ1) is 20.9. The minimum Gasteiger partial charge on any atom is -0.336 e. The highest BCUT2D eigenvalue weighted by atomic mass is 35.5. The number of hydrogen-bond donors (Lipinski definition) is 1. The maximum Gasteiger partial charge on any atom is 0.253 e. The molecule has 1 aromatic heterocycles. The maximum absolute atomic E-state index is 12.8. The van der Waals surface area contributed by atoms with Crippen LogP contribution >= 0.6 is 23.2 Å². The Balaban J connectivity index is 1.45. The molecule has 1 fully saturated rings. The summed E-state index contributed by atoms with van der Waals surface area (Å²) in [5, 5.41) is 8.59. The third-order valence-electron chi connectivity index (χ3n) is 5.43. The van der Waals surface area contributed by atoms with Crippen molar-refractivity contribution in [2.24, 2.45) is 0 Å². The van der Waals surface area contributed by atoms with E-state index in [1.807, 2.05) is 41.3 Å². The lowest BCUT2D eigenvalue weighted by molar-refractivity contribution is 0.0637. The molecule has 0 radical (unpaired) electrons. The smallest absolute Gasteiger partial charge is 0.253 e. The van der Waals surface area contributed by atoms with Gasteiger partial charge in [-0.25, -0.2) is 0 Å². The van der Waals surface area contributed by atoms with Gasteiger partial charge in [-0.3, -0.25) is 14.8 Å². The fourth-order valence-corrected chi connectivity index (χ4v) is 4.28. The van der Waals surface area contributed by atoms with Crippen LogP contribution in [0, 0.1) is 0 Å². The van der Waals surface area contributed by atoms with Crippen molar-refractivity contribution in [1.29, 1.82) is 0 Å². The van der Waals surface area contributed by atoms with Crippen LogP contribution in [0.2, 0.25) is 10.0 Å². The van der Waals surface area contributed by atoms with E-state index in [9.17, 15) is 4.79 Å². The molecule has 4 rings (SSSR count). The molecule has 30 heavy (non-hydrogen) atoms. The second-order valence-corrected chi connectivity index (χ2v) is 8.35. The van der Waals surface area contributed by atoms with Crippen molar-refractivity contribution in [3.05, 3.63) is 64.1 Å². The van der Waals surface area contributed by atoms with Gasteiger partial charge in [-0.05, 0) is 49.4 Å². The average Bonchev–Trinajstić information content (AvgIpc) is 3.24. The van der Waals surface area contributed by atoms with Crippen LogP contribution in [0.15, 0.2) is 48.5 Å². The normalized spacial score (nSPS) is 14.8. The van der Waals surface area contributed by atoms with Crippen molar-refractivity contribution in [2.45, 2.75) is 13.3 Å². The first-order valence-electron chi connectivity index (χ1n) is 10.2. The van der Waals surface area contributed by atoms with Gasteiger partial charge < -0.3 is 4.90 Å². The van der Waals surface area contributed by atoms with Gasteiger partial charge in [-0.2, -0.15) is 5.10 Å². The topological polar surface area (TPSA) is 52.2 Å². The molecule has 1 amide bonds. The Bertz CT molecular complexity index is 1020. The van der Waals surface area contributed by atoms with Gasteiger partial charge in [0.15, 0.2) is 0 Å². The van der Waals surface area contributed by atoms with Gasteiger partial charge in [-0.1, -0.05) is 42.3 Å². The minimum absolute atomic E-state index is 0.0911. The van der Waals surface area contributed by atoms with Crippen LogP contribution in [-0.4, -0.2) is 58.6 Å². The van der Waals surface area contributed by atoms with E-state index >= 15 is 0 Å². The number of piperazine rings is 1. The Hall–Kier alpha value is -2.34. The standard InChI is InChI=1S/C23H24Cl2N4O/c1-2-9-28-10-12-29(13-11-28)23(30)17-5-3-16(4-6-17)21-15-22(27-26-21)19-8-7-18(24)14-20(19)25/h3-8,14-15H,2,9-13H2,1H3,(H,26,27). The number of benzene rings is 2. The molecule has 7 heteroatoms. The molecule has 1 N–H and O–H groups in total. The van der Waals surface area contributed by atoms with Crippen molar-refractivity contribution in [3.63, 3.8) is 0 Å². The third-order valence-corrected chi connectivity index (χ3v) is 5.97. The molecule has 3 aromatic rings. The highest BCUT2D eigenvalue weighted by Crippen LogP contribution is 2.31. The number of H-pyrrole nitrogens is 1. The predicted molar refractivity (Wildman–Crippen MR) is 122 cm³/mol. The van der Waals surface area contributed by atoms with E-state index < -0.39 is 0 Å². The first-order valence-corrected chi connectivity index (χ1v) is 10.9. The summed E-state index contributed by atoms with van der Waals surface area (Å²) >= 11 is 12.3. The zero-order valence-electron chi connectivity index (χ0n) is 16.9. The molecule has 0 spiro atoms. The van der Waals surface area contributed by atoms with E-state index in [0.29, 0.717) is 15.6 Å². The maximum atomic E-state index is 12.8. The number of aromatic amines is 1. The molecule has 1 saturated heterocycles. The third kappa shape index (κ3) is 4.53. The van der Waals surface area contributed by atoms with Crippen molar-refractivity contribution in [2.75, 3.05) is 32.7 Å². The molecule has 0 saturated carbocycles. The molecule has 1 aliphatic heterocycles. The Morgan fingerprint density at radius 2 is 1.77 bits per heavy atom. The summed E-state index contributed by atoms with van der Waals surface area (Å²) in [6, 6.07) is 14.9. The van der Waals surface area contributed by atoms with E-state index in [1.165, 1.54) is 0 Å². The lowest BCUT2D eigenvalue weighted by atomic mass is 10.1. The van der Waals surface area contributed by atoms with Gasteiger partial charge in [-0.15, -0.1) is 0 Å². The molecule has 156 valence electrons. The molecule has 1 aliphatic rings. The Kier molecular flexibility index (Phi) is 6.42. The van der Waals surface area contributed by atoms with Crippen LogP contribution in [-0.2, 0) is 0 Å². The summed E-state index contributed by atoms with van der Waals surface area (Å²) in [7, 11) is 0. The van der Waals surface area contributed by atoms with Crippen LogP contribution in [0.5, 0.6) is 0 Å². The average molecular weight is 443 g/mol. The number of amides is 1. The summed E-state index contributed by atoms with van der Waals surface area (Å²) in [5.74, 6) is 0.0911. The number of aromatic nitrogens is 2. The lowest BCUT2D eigenvalue weighted by Gasteiger charge is -2.34. The predicted octanol–water partition coefficient (Wildman–Crippen LogP) is 5.22. The number of carbonyl (C=O) groups excluding carboxylic acids is 1. The molecule has 0 bridgehead atoms. The summed E-state index contributed by atoms with van der Waals surface area (Å²) in [5.41, 5.74) is 4.10. The van der Waals surface area contributed by atoms with Crippen molar-refractivity contribution in [1.82, 2.24) is 20.0 Å². The van der Waals surface area contributed by atoms with Gasteiger partial charge in [0, 0.05) is 47.9 Å².